The zero-order valence-corrected chi connectivity index (χ0v) is 7.15. The first-order valence-electron chi connectivity index (χ1n) is 3.07. The molecule has 13 heavy (non-hydrogen) atoms. The van der Waals surface area contributed by atoms with Gasteiger partial charge in [-0.2, -0.15) is 21.6 Å². The molecule has 2 N–H and O–H groups in total. The molecule has 0 aromatic carbocycles. The highest BCUT2D eigenvalue weighted by Crippen LogP contribution is 2.20. The molecule has 80 valence electrons. The first-order chi connectivity index (χ1) is 5.75. The van der Waals surface area contributed by atoms with E-state index in [0.717, 1.165) is 19.9 Å². The van der Waals surface area contributed by atoms with E-state index in [-0.39, 0.29) is 0 Å². The molecule has 1 aliphatic heterocycles. The van der Waals surface area contributed by atoms with Crippen LogP contribution < -0.4 is 5.32 Å². The Balaban J connectivity index is 0.000000243. The monoisotopic (exact) mass is 223 g/mol. The number of halogens is 3. The van der Waals surface area contributed by atoms with Crippen LogP contribution in [0.25, 0.3) is 0 Å². The van der Waals surface area contributed by atoms with E-state index >= 15 is 0 Å². The minimum Gasteiger partial charge on any atom is -0.365 e. The first kappa shape index (κ1) is 12.6. The van der Waals surface area contributed by atoms with Gasteiger partial charge in [0.15, 0.2) is 0 Å². The predicted octanol–water partition coefficient (Wildman–Crippen LogP) is -0.0423. The van der Waals surface area contributed by atoms with Crippen LogP contribution in [0, 0.1) is 0 Å². The smallest absolute Gasteiger partial charge is 0.365 e. The van der Waals surface area contributed by atoms with Gasteiger partial charge in [0.25, 0.3) is 0 Å². The van der Waals surface area contributed by atoms with Gasteiger partial charge in [0.1, 0.15) is 0 Å². The van der Waals surface area contributed by atoms with E-state index in [2.05, 4.69) is 5.32 Å². The van der Waals surface area contributed by atoms with Crippen LogP contribution in [0.1, 0.15) is 0 Å². The van der Waals surface area contributed by atoms with Crippen molar-refractivity contribution in [3.8, 4) is 0 Å². The SMILES string of the molecule is C1COCN1.O=S(=O)(O)C(F)(F)F. The van der Waals surface area contributed by atoms with E-state index < -0.39 is 15.6 Å². The summed E-state index contributed by atoms with van der Waals surface area (Å²) in [5.74, 6) is 0. The zero-order chi connectivity index (χ0) is 10.5. The van der Waals surface area contributed by atoms with Gasteiger partial charge in [-0.05, 0) is 0 Å². The maximum absolute atomic E-state index is 10.7. The lowest BCUT2D eigenvalue weighted by Crippen LogP contribution is -2.21. The summed E-state index contributed by atoms with van der Waals surface area (Å²) >= 11 is 0. The van der Waals surface area contributed by atoms with Gasteiger partial charge in [-0.15, -0.1) is 0 Å². The van der Waals surface area contributed by atoms with Crippen LogP contribution >= 0.6 is 0 Å². The van der Waals surface area contributed by atoms with Crippen LogP contribution in [0.4, 0.5) is 13.2 Å². The molecule has 9 heteroatoms. The molecule has 5 nitrogen and oxygen atoms in total. The van der Waals surface area contributed by atoms with Crippen molar-refractivity contribution in [2.75, 3.05) is 19.9 Å². The van der Waals surface area contributed by atoms with Crippen LogP contribution in [0.3, 0.4) is 0 Å². The van der Waals surface area contributed by atoms with Crippen molar-refractivity contribution in [1.82, 2.24) is 5.32 Å². The van der Waals surface area contributed by atoms with Gasteiger partial charge < -0.3 is 4.74 Å². The molecule has 0 aliphatic carbocycles. The van der Waals surface area contributed by atoms with Crippen molar-refractivity contribution < 1.29 is 30.9 Å². The van der Waals surface area contributed by atoms with Gasteiger partial charge in [-0.3, -0.25) is 9.87 Å². The molecule has 1 rings (SSSR count). The second-order valence-electron chi connectivity index (χ2n) is 1.97. The van der Waals surface area contributed by atoms with Gasteiger partial charge in [0.05, 0.1) is 13.3 Å². The molecular formula is C4H8F3NO4S. The normalized spacial score (nSPS) is 17.8. The molecule has 1 saturated heterocycles. The standard InChI is InChI=1S/C3H7NO.CHF3O3S/c1-2-5-3-4-1;2-1(3,4)8(5,6)7/h4H,1-3H2;(H,5,6,7). The highest BCUT2D eigenvalue weighted by atomic mass is 32.2. The highest BCUT2D eigenvalue weighted by Gasteiger charge is 2.44. The van der Waals surface area contributed by atoms with Gasteiger partial charge in [0.2, 0.25) is 0 Å². The fourth-order valence-electron chi connectivity index (χ4n) is 0.361. The fraction of sp³-hybridized carbons (Fsp3) is 1.00. The number of hydrogen-bond acceptors (Lipinski definition) is 4. The third-order valence-corrected chi connectivity index (χ3v) is 1.50. The molecule has 0 atom stereocenters. The topological polar surface area (TPSA) is 75.6 Å². The number of ether oxygens (including phenoxy) is 1. The molecule has 1 fully saturated rings. The first-order valence-corrected chi connectivity index (χ1v) is 4.51. The summed E-state index contributed by atoms with van der Waals surface area (Å²) in [5.41, 5.74) is -5.53. The van der Waals surface area contributed by atoms with Crippen molar-refractivity contribution in [2.24, 2.45) is 0 Å². The van der Waals surface area contributed by atoms with Gasteiger partial charge in [0, 0.05) is 6.54 Å². The van der Waals surface area contributed by atoms with E-state index in [9.17, 15) is 13.2 Å². The number of hydrogen-bond donors (Lipinski definition) is 2. The van der Waals surface area contributed by atoms with Crippen molar-refractivity contribution in [2.45, 2.75) is 5.51 Å². The summed E-state index contributed by atoms with van der Waals surface area (Å²) < 4.78 is 62.4. The molecule has 1 heterocycles. The van der Waals surface area contributed by atoms with Gasteiger partial charge >= 0.3 is 15.6 Å². The lowest BCUT2D eigenvalue weighted by atomic mass is 10.7. The Morgan fingerprint density at radius 2 is 1.85 bits per heavy atom. The Hall–Kier alpha value is -0.380. The summed E-state index contributed by atoms with van der Waals surface area (Å²) in [6.07, 6.45) is 0. The summed E-state index contributed by atoms with van der Waals surface area (Å²) in [5, 5.41) is 3.00. The fourth-order valence-corrected chi connectivity index (χ4v) is 0.361. The maximum atomic E-state index is 10.7. The quantitative estimate of drug-likeness (QED) is 0.445. The highest BCUT2D eigenvalue weighted by molar-refractivity contribution is 7.86. The summed E-state index contributed by atoms with van der Waals surface area (Å²) in [6, 6.07) is 0. The van der Waals surface area contributed by atoms with Crippen LogP contribution in [0.5, 0.6) is 0 Å². The van der Waals surface area contributed by atoms with Crippen molar-refractivity contribution in [3.05, 3.63) is 0 Å². The average Bonchev–Trinajstić information content (AvgIpc) is 2.35. The van der Waals surface area contributed by atoms with E-state index in [1.54, 1.807) is 0 Å². The Morgan fingerprint density at radius 1 is 1.38 bits per heavy atom. The van der Waals surface area contributed by atoms with E-state index in [1.807, 2.05) is 0 Å². The zero-order valence-electron chi connectivity index (χ0n) is 6.34. The van der Waals surface area contributed by atoms with Crippen molar-refractivity contribution in [3.63, 3.8) is 0 Å². The third-order valence-electron chi connectivity index (χ3n) is 0.920. The minimum absolute atomic E-state index is 0.750. The predicted molar refractivity (Wildman–Crippen MR) is 36.4 cm³/mol. The molecule has 0 unspecified atom stereocenters. The van der Waals surface area contributed by atoms with Crippen LogP contribution in [0.2, 0.25) is 0 Å². The number of nitrogens with one attached hydrogen (secondary N) is 1. The molecule has 0 aromatic heterocycles. The maximum Gasteiger partial charge on any atom is 0.522 e. The Labute approximate surface area is 72.6 Å². The van der Waals surface area contributed by atoms with Crippen molar-refractivity contribution in [1.29, 1.82) is 0 Å². The molecular weight excluding hydrogens is 215 g/mol. The largest absolute Gasteiger partial charge is 0.522 e. The van der Waals surface area contributed by atoms with E-state index in [4.69, 9.17) is 17.7 Å². The molecule has 0 aromatic rings. The number of alkyl halides is 3. The molecule has 0 amide bonds. The second kappa shape index (κ2) is 4.74. The van der Waals surface area contributed by atoms with Crippen LogP contribution in [0.15, 0.2) is 0 Å². The van der Waals surface area contributed by atoms with Crippen LogP contribution in [-0.4, -0.2) is 38.4 Å². The molecule has 0 radical (unpaired) electrons. The Bertz CT molecular complexity index is 225. The molecule has 0 spiro atoms. The lowest BCUT2D eigenvalue weighted by Gasteiger charge is -1.97. The minimum atomic E-state index is -5.84. The average molecular weight is 223 g/mol. The lowest BCUT2D eigenvalue weighted by molar-refractivity contribution is -0.0510. The second-order valence-corrected chi connectivity index (χ2v) is 3.39. The van der Waals surface area contributed by atoms with Crippen LogP contribution in [-0.2, 0) is 14.9 Å². The molecule has 0 saturated carbocycles. The van der Waals surface area contributed by atoms with Gasteiger partial charge in [-0.25, -0.2) is 0 Å². The third kappa shape index (κ3) is 5.80. The number of rotatable bonds is 0. The Morgan fingerprint density at radius 3 is 1.92 bits per heavy atom. The van der Waals surface area contributed by atoms with Crippen molar-refractivity contribution >= 4 is 10.1 Å². The molecule has 1 aliphatic rings. The Kier molecular flexibility index (Phi) is 4.61. The van der Waals surface area contributed by atoms with E-state index in [0.29, 0.717) is 0 Å². The summed E-state index contributed by atoms with van der Waals surface area (Å²) in [7, 11) is -5.84. The molecule has 0 bridgehead atoms. The summed E-state index contributed by atoms with van der Waals surface area (Å²) in [4.78, 5) is 0. The summed E-state index contributed by atoms with van der Waals surface area (Å²) in [6.45, 7) is 2.67. The van der Waals surface area contributed by atoms with Gasteiger partial charge in [-0.1, -0.05) is 0 Å². The van der Waals surface area contributed by atoms with E-state index in [1.165, 1.54) is 0 Å².